The van der Waals surface area contributed by atoms with Crippen molar-refractivity contribution in [2.24, 2.45) is 5.41 Å². The van der Waals surface area contributed by atoms with E-state index in [2.05, 4.69) is 0 Å². The molecule has 1 N–H and O–H groups in total. The zero-order valence-corrected chi connectivity index (χ0v) is 4.19. The molecule has 2 aliphatic rings. The summed E-state index contributed by atoms with van der Waals surface area (Å²) in [5, 5.41) is 8.61. The second kappa shape index (κ2) is 0.817. The zero-order chi connectivity index (χ0) is 5.99. The van der Waals surface area contributed by atoms with Crippen molar-refractivity contribution in [1.82, 2.24) is 0 Å². The van der Waals surface area contributed by atoms with Gasteiger partial charge in [0.25, 0.3) is 5.92 Å². The van der Waals surface area contributed by atoms with Crippen LogP contribution in [0.15, 0.2) is 0 Å². The Morgan fingerprint density at radius 1 is 1.50 bits per heavy atom. The molecule has 2 atom stereocenters. The highest BCUT2D eigenvalue weighted by Crippen LogP contribution is 2.75. The molecule has 0 heterocycles. The van der Waals surface area contributed by atoms with Crippen LogP contribution in [0.25, 0.3) is 0 Å². The molecule has 0 aromatic carbocycles. The van der Waals surface area contributed by atoms with Crippen LogP contribution in [0.5, 0.6) is 0 Å². The maximum absolute atomic E-state index is 12.1. The first-order valence-electron chi connectivity index (χ1n) is 2.64. The first kappa shape index (κ1) is 4.68. The van der Waals surface area contributed by atoms with Gasteiger partial charge in [-0.1, -0.05) is 0 Å². The molecular formula is C5H6F2O. The van der Waals surface area contributed by atoms with Gasteiger partial charge in [0.1, 0.15) is 0 Å². The fourth-order valence-electron chi connectivity index (χ4n) is 1.22. The number of aliphatic hydroxyl groups is 1. The van der Waals surface area contributed by atoms with Crippen LogP contribution < -0.4 is 0 Å². The molecule has 2 rings (SSSR count). The molecule has 0 bridgehead atoms. The molecule has 0 radical (unpaired) electrons. The smallest absolute Gasteiger partial charge is 0.257 e. The maximum atomic E-state index is 12.1. The molecule has 2 fully saturated rings. The average Bonchev–Trinajstić information content (AvgIpc) is 2.24. The lowest BCUT2D eigenvalue weighted by atomic mass is 10.4. The molecule has 0 saturated heterocycles. The Hall–Kier alpha value is -0.180. The van der Waals surface area contributed by atoms with Gasteiger partial charge in [-0.3, -0.25) is 0 Å². The van der Waals surface area contributed by atoms with E-state index in [1.165, 1.54) is 0 Å². The van der Waals surface area contributed by atoms with Crippen molar-refractivity contribution in [2.45, 2.75) is 24.9 Å². The Kier molecular flexibility index (Phi) is 0.477. The molecule has 1 nitrogen and oxygen atoms in total. The normalized spacial score (nSPS) is 56.6. The molecule has 0 aromatic rings. The highest BCUT2D eigenvalue weighted by atomic mass is 19.3. The van der Waals surface area contributed by atoms with E-state index in [4.69, 9.17) is 5.11 Å². The van der Waals surface area contributed by atoms with E-state index in [0.717, 1.165) is 0 Å². The van der Waals surface area contributed by atoms with Crippen molar-refractivity contribution in [3.8, 4) is 0 Å². The predicted octanol–water partition coefficient (Wildman–Crippen LogP) is 0.776. The summed E-state index contributed by atoms with van der Waals surface area (Å²) in [6.07, 6.45) is -0.459. The minimum absolute atomic E-state index is 0.0822. The van der Waals surface area contributed by atoms with Crippen LogP contribution in [-0.4, -0.2) is 17.1 Å². The Morgan fingerprint density at radius 2 is 1.88 bits per heavy atom. The summed E-state index contributed by atoms with van der Waals surface area (Å²) in [6.45, 7) is 0. The second-order valence-electron chi connectivity index (χ2n) is 2.76. The molecule has 46 valence electrons. The van der Waals surface area contributed by atoms with Crippen LogP contribution in [0, 0.1) is 5.41 Å². The van der Waals surface area contributed by atoms with Crippen molar-refractivity contribution in [3.05, 3.63) is 0 Å². The van der Waals surface area contributed by atoms with Crippen LogP contribution in [-0.2, 0) is 0 Å². The van der Waals surface area contributed by atoms with Crippen molar-refractivity contribution in [2.75, 3.05) is 0 Å². The van der Waals surface area contributed by atoms with Gasteiger partial charge in [-0.25, -0.2) is 8.78 Å². The number of hydrogen-bond donors (Lipinski definition) is 1. The lowest BCUT2D eigenvalue weighted by molar-refractivity contribution is 0.0788. The summed E-state index contributed by atoms with van der Waals surface area (Å²) in [5.74, 6) is -2.52. The zero-order valence-electron chi connectivity index (χ0n) is 4.19. The molecular weight excluding hydrogens is 114 g/mol. The van der Waals surface area contributed by atoms with Crippen LogP contribution >= 0.6 is 0 Å². The summed E-state index contributed by atoms with van der Waals surface area (Å²) < 4.78 is 24.1. The molecule has 0 amide bonds. The third-order valence-electron chi connectivity index (χ3n) is 2.18. The van der Waals surface area contributed by atoms with Gasteiger partial charge in [-0.2, -0.15) is 0 Å². The molecule has 3 heteroatoms. The largest absolute Gasteiger partial charge is 0.392 e. The van der Waals surface area contributed by atoms with E-state index in [1.54, 1.807) is 0 Å². The predicted molar refractivity (Wildman–Crippen MR) is 22.6 cm³/mol. The number of alkyl halides is 2. The van der Waals surface area contributed by atoms with E-state index >= 15 is 0 Å². The van der Waals surface area contributed by atoms with Crippen molar-refractivity contribution in [3.63, 3.8) is 0 Å². The molecule has 0 aromatic heterocycles. The maximum Gasteiger partial charge on any atom is 0.257 e. The van der Waals surface area contributed by atoms with Crippen molar-refractivity contribution in [1.29, 1.82) is 0 Å². The number of aliphatic hydroxyl groups excluding tert-OH is 1. The number of hydrogen-bond acceptors (Lipinski definition) is 1. The summed E-state index contributed by atoms with van der Waals surface area (Å²) >= 11 is 0. The summed E-state index contributed by atoms with van der Waals surface area (Å²) in [4.78, 5) is 0. The highest BCUT2D eigenvalue weighted by molar-refractivity contribution is 5.25. The molecule has 2 saturated carbocycles. The van der Waals surface area contributed by atoms with Gasteiger partial charge in [0, 0.05) is 6.42 Å². The van der Waals surface area contributed by atoms with E-state index in [-0.39, 0.29) is 6.42 Å². The van der Waals surface area contributed by atoms with Crippen LogP contribution in [0.2, 0.25) is 0 Å². The van der Waals surface area contributed by atoms with Crippen molar-refractivity contribution < 1.29 is 13.9 Å². The summed E-state index contributed by atoms with van der Waals surface area (Å²) in [5.41, 5.74) is -0.924. The Bertz CT molecular complexity index is 145. The second-order valence-corrected chi connectivity index (χ2v) is 2.76. The number of rotatable bonds is 0. The van der Waals surface area contributed by atoms with Gasteiger partial charge in [0.15, 0.2) is 0 Å². The molecule has 1 spiro atoms. The Morgan fingerprint density at radius 3 is 1.88 bits per heavy atom. The molecule has 8 heavy (non-hydrogen) atoms. The standard InChI is InChI=1S/C5H6F2O/c6-5(7)2-4(5)1-3(4)8/h3,8H,1-2H2. The first-order chi connectivity index (χ1) is 3.58. The summed E-state index contributed by atoms with van der Waals surface area (Å²) in [6, 6.07) is 0. The topological polar surface area (TPSA) is 20.2 Å². The van der Waals surface area contributed by atoms with Gasteiger partial charge in [0.05, 0.1) is 11.5 Å². The van der Waals surface area contributed by atoms with E-state index in [1.807, 2.05) is 0 Å². The average molecular weight is 120 g/mol. The SMILES string of the molecule is OC1CC12CC2(F)F. The highest BCUT2D eigenvalue weighted by Gasteiger charge is 2.83. The third kappa shape index (κ3) is 0.284. The Labute approximate surface area is 45.3 Å². The monoisotopic (exact) mass is 120 g/mol. The molecule has 0 aliphatic heterocycles. The van der Waals surface area contributed by atoms with E-state index in [9.17, 15) is 8.78 Å². The molecule has 2 aliphatic carbocycles. The number of halogens is 2. The Balaban J connectivity index is 2.17. The van der Waals surface area contributed by atoms with Crippen LogP contribution in [0.1, 0.15) is 12.8 Å². The van der Waals surface area contributed by atoms with Gasteiger partial charge in [-0.15, -0.1) is 0 Å². The van der Waals surface area contributed by atoms with Gasteiger partial charge < -0.3 is 5.11 Å². The first-order valence-corrected chi connectivity index (χ1v) is 2.64. The molecule has 2 unspecified atom stereocenters. The fraction of sp³-hybridized carbons (Fsp3) is 1.00. The van der Waals surface area contributed by atoms with Gasteiger partial charge >= 0.3 is 0 Å². The fourth-order valence-corrected chi connectivity index (χ4v) is 1.22. The van der Waals surface area contributed by atoms with Gasteiger partial charge in [-0.05, 0) is 6.42 Å². The van der Waals surface area contributed by atoms with Crippen molar-refractivity contribution >= 4 is 0 Å². The van der Waals surface area contributed by atoms with Crippen LogP contribution in [0.3, 0.4) is 0 Å². The quantitative estimate of drug-likeness (QED) is 0.500. The van der Waals surface area contributed by atoms with E-state index in [0.29, 0.717) is 6.42 Å². The lowest BCUT2D eigenvalue weighted by Gasteiger charge is -1.87. The third-order valence-corrected chi connectivity index (χ3v) is 2.18. The van der Waals surface area contributed by atoms with E-state index < -0.39 is 17.4 Å². The minimum Gasteiger partial charge on any atom is -0.392 e. The minimum atomic E-state index is -2.52. The van der Waals surface area contributed by atoms with Gasteiger partial charge in [0.2, 0.25) is 0 Å². The summed E-state index contributed by atoms with van der Waals surface area (Å²) in [7, 11) is 0. The van der Waals surface area contributed by atoms with Crippen LogP contribution in [0.4, 0.5) is 8.78 Å². The lowest BCUT2D eigenvalue weighted by Crippen LogP contribution is -1.96.